The Kier molecular flexibility index (Phi) is 1.67. The molecule has 0 saturated carbocycles. The third kappa shape index (κ3) is 1.26. The van der Waals surface area contributed by atoms with Crippen molar-refractivity contribution in [2.75, 3.05) is 5.73 Å². The van der Waals surface area contributed by atoms with E-state index in [1.165, 1.54) is 23.5 Å². The van der Waals surface area contributed by atoms with Crippen LogP contribution in [0.1, 0.15) is 0 Å². The summed E-state index contributed by atoms with van der Waals surface area (Å²) in [6, 6.07) is 8.61. The minimum atomic E-state index is -0.249. The Balaban J connectivity index is 2.56. The quantitative estimate of drug-likeness (QED) is 0.629. The number of nitrogens with zero attached hydrogens (tertiary/aromatic N) is 1. The van der Waals surface area contributed by atoms with Crippen molar-refractivity contribution < 1.29 is 4.39 Å². The summed E-state index contributed by atoms with van der Waals surface area (Å²) in [6.45, 7) is 0. The molecule has 1 heterocycles. The van der Waals surface area contributed by atoms with Crippen LogP contribution in [0.25, 0.3) is 21.0 Å². The normalized spacial score (nSPS) is 11.3. The minimum Gasteiger partial charge on any atom is -0.375 e. The van der Waals surface area contributed by atoms with Gasteiger partial charge in [-0.1, -0.05) is 23.5 Å². The standard InChI is InChI=1S/C11H7FN2S/c12-7-3-1-6-2-4-9-10(8(6)5-7)14-11(13)15-9/h1-5H,(H2,13,14). The third-order valence-electron chi connectivity index (χ3n) is 2.35. The van der Waals surface area contributed by atoms with Crippen molar-refractivity contribution in [3.63, 3.8) is 0 Å². The van der Waals surface area contributed by atoms with E-state index in [-0.39, 0.29) is 5.82 Å². The Morgan fingerprint density at radius 1 is 1.20 bits per heavy atom. The first kappa shape index (κ1) is 8.61. The predicted molar refractivity (Wildman–Crippen MR) is 61.5 cm³/mol. The zero-order chi connectivity index (χ0) is 10.4. The molecule has 74 valence electrons. The van der Waals surface area contributed by atoms with Crippen molar-refractivity contribution in [1.82, 2.24) is 4.98 Å². The summed E-state index contributed by atoms with van der Waals surface area (Å²) >= 11 is 1.42. The number of hydrogen-bond acceptors (Lipinski definition) is 3. The van der Waals surface area contributed by atoms with E-state index in [2.05, 4.69) is 4.98 Å². The van der Waals surface area contributed by atoms with E-state index in [0.29, 0.717) is 5.13 Å². The van der Waals surface area contributed by atoms with Gasteiger partial charge >= 0.3 is 0 Å². The molecule has 0 radical (unpaired) electrons. The molecule has 2 aromatic carbocycles. The Morgan fingerprint density at radius 3 is 2.87 bits per heavy atom. The van der Waals surface area contributed by atoms with Crippen molar-refractivity contribution in [2.45, 2.75) is 0 Å². The molecule has 3 rings (SSSR count). The molecule has 0 aliphatic heterocycles. The van der Waals surface area contributed by atoms with Gasteiger partial charge in [0.15, 0.2) is 5.13 Å². The molecule has 4 heteroatoms. The lowest BCUT2D eigenvalue weighted by atomic mass is 10.1. The highest BCUT2D eigenvalue weighted by Crippen LogP contribution is 2.30. The zero-order valence-electron chi connectivity index (χ0n) is 7.70. The summed E-state index contributed by atoms with van der Waals surface area (Å²) in [6.07, 6.45) is 0. The summed E-state index contributed by atoms with van der Waals surface area (Å²) < 4.78 is 14.1. The number of benzene rings is 2. The summed E-state index contributed by atoms with van der Waals surface area (Å²) in [5.41, 5.74) is 6.42. The molecule has 1 aromatic heterocycles. The van der Waals surface area contributed by atoms with E-state index in [0.717, 1.165) is 21.0 Å². The number of nitrogen functional groups attached to an aromatic ring is 1. The van der Waals surface area contributed by atoms with Crippen LogP contribution in [0.4, 0.5) is 9.52 Å². The maximum absolute atomic E-state index is 13.1. The van der Waals surface area contributed by atoms with Gasteiger partial charge in [0.05, 0.1) is 10.2 Å². The number of fused-ring (bicyclic) bond motifs is 3. The average Bonchev–Trinajstić information content (AvgIpc) is 2.58. The smallest absolute Gasteiger partial charge is 0.181 e. The Morgan fingerprint density at radius 2 is 2.00 bits per heavy atom. The average molecular weight is 218 g/mol. The molecule has 2 N–H and O–H groups in total. The molecule has 2 nitrogen and oxygen atoms in total. The molecule has 0 fully saturated rings. The van der Waals surface area contributed by atoms with Crippen LogP contribution in [0, 0.1) is 5.82 Å². The molecule has 0 atom stereocenters. The van der Waals surface area contributed by atoms with Crippen LogP contribution in [0.3, 0.4) is 0 Å². The topological polar surface area (TPSA) is 38.9 Å². The number of rotatable bonds is 0. The number of anilines is 1. The second-order valence-electron chi connectivity index (χ2n) is 3.33. The van der Waals surface area contributed by atoms with Crippen LogP contribution in [0.2, 0.25) is 0 Å². The maximum Gasteiger partial charge on any atom is 0.181 e. The highest BCUT2D eigenvalue weighted by molar-refractivity contribution is 7.22. The molecule has 3 aromatic rings. The molecular weight excluding hydrogens is 211 g/mol. The Hall–Kier alpha value is -1.68. The monoisotopic (exact) mass is 218 g/mol. The zero-order valence-corrected chi connectivity index (χ0v) is 8.51. The van der Waals surface area contributed by atoms with Crippen molar-refractivity contribution in [1.29, 1.82) is 0 Å². The van der Waals surface area contributed by atoms with E-state index >= 15 is 0 Å². The molecule has 0 aliphatic rings. The van der Waals surface area contributed by atoms with Gasteiger partial charge in [-0.05, 0) is 23.6 Å². The van der Waals surface area contributed by atoms with Crippen LogP contribution in [-0.4, -0.2) is 4.98 Å². The van der Waals surface area contributed by atoms with Gasteiger partial charge in [0.2, 0.25) is 0 Å². The largest absolute Gasteiger partial charge is 0.375 e. The SMILES string of the molecule is Nc1nc2c(ccc3ccc(F)cc32)s1. The number of nitrogens with two attached hydrogens (primary N) is 1. The second-order valence-corrected chi connectivity index (χ2v) is 4.39. The van der Waals surface area contributed by atoms with Crippen LogP contribution >= 0.6 is 11.3 Å². The third-order valence-corrected chi connectivity index (χ3v) is 3.20. The summed E-state index contributed by atoms with van der Waals surface area (Å²) in [4.78, 5) is 4.21. The maximum atomic E-state index is 13.1. The van der Waals surface area contributed by atoms with E-state index < -0.39 is 0 Å². The molecule has 0 unspecified atom stereocenters. The lowest BCUT2D eigenvalue weighted by Crippen LogP contribution is -1.81. The van der Waals surface area contributed by atoms with Crippen molar-refractivity contribution in [3.8, 4) is 0 Å². The van der Waals surface area contributed by atoms with Gasteiger partial charge in [-0.3, -0.25) is 0 Å². The predicted octanol–water partition coefficient (Wildman–Crippen LogP) is 3.17. The first-order valence-electron chi connectivity index (χ1n) is 4.48. The molecule has 0 aliphatic carbocycles. The van der Waals surface area contributed by atoms with Gasteiger partial charge in [0, 0.05) is 5.39 Å². The fraction of sp³-hybridized carbons (Fsp3) is 0. The molecule has 0 bridgehead atoms. The summed E-state index contributed by atoms with van der Waals surface area (Å²) in [7, 11) is 0. The summed E-state index contributed by atoms with van der Waals surface area (Å²) in [5, 5.41) is 2.32. The Bertz CT molecular complexity index is 660. The van der Waals surface area contributed by atoms with E-state index in [9.17, 15) is 4.39 Å². The first-order valence-corrected chi connectivity index (χ1v) is 5.30. The molecule has 15 heavy (non-hydrogen) atoms. The lowest BCUT2D eigenvalue weighted by molar-refractivity contribution is 0.630. The van der Waals surface area contributed by atoms with Crippen LogP contribution in [0.15, 0.2) is 30.3 Å². The highest BCUT2D eigenvalue weighted by atomic mass is 32.1. The van der Waals surface area contributed by atoms with Gasteiger partial charge in [0.1, 0.15) is 5.82 Å². The van der Waals surface area contributed by atoms with Crippen molar-refractivity contribution in [3.05, 3.63) is 36.1 Å². The van der Waals surface area contributed by atoms with E-state index in [1.807, 2.05) is 12.1 Å². The van der Waals surface area contributed by atoms with Gasteiger partial charge in [-0.25, -0.2) is 9.37 Å². The van der Waals surface area contributed by atoms with Crippen LogP contribution in [-0.2, 0) is 0 Å². The van der Waals surface area contributed by atoms with Gasteiger partial charge in [-0.2, -0.15) is 0 Å². The van der Waals surface area contributed by atoms with E-state index in [1.54, 1.807) is 6.07 Å². The number of aromatic nitrogens is 1. The number of halogens is 1. The van der Waals surface area contributed by atoms with Crippen LogP contribution in [0.5, 0.6) is 0 Å². The number of thiazole rings is 1. The molecule has 0 spiro atoms. The second kappa shape index (κ2) is 2.90. The Labute approximate surface area is 89.2 Å². The molecular formula is C11H7FN2S. The van der Waals surface area contributed by atoms with Crippen molar-refractivity contribution in [2.24, 2.45) is 0 Å². The van der Waals surface area contributed by atoms with Gasteiger partial charge < -0.3 is 5.73 Å². The van der Waals surface area contributed by atoms with E-state index in [4.69, 9.17) is 5.73 Å². The highest BCUT2D eigenvalue weighted by Gasteiger charge is 2.06. The fourth-order valence-electron chi connectivity index (χ4n) is 1.70. The molecule has 0 saturated heterocycles. The summed E-state index contributed by atoms with van der Waals surface area (Å²) in [5.74, 6) is -0.249. The first-order chi connectivity index (χ1) is 7.24. The number of hydrogen-bond donors (Lipinski definition) is 1. The van der Waals surface area contributed by atoms with Gasteiger partial charge in [-0.15, -0.1) is 0 Å². The van der Waals surface area contributed by atoms with Crippen LogP contribution < -0.4 is 5.73 Å². The van der Waals surface area contributed by atoms with Crippen molar-refractivity contribution >= 4 is 37.5 Å². The molecule has 0 amide bonds. The minimum absolute atomic E-state index is 0.249. The lowest BCUT2D eigenvalue weighted by Gasteiger charge is -1.97. The fourth-order valence-corrected chi connectivity index (χ4v) is 2.45. The van der Waals surface area contributed by atoms with Gasteiger partial charge in [0.25, 0.3) is 0 Å².